The Balaban J connectivity index is 1.97. The van der Waals surface area contributed by atoms with E-state index in [1.807, 2.05) is 6.07 Å². The van der Waals surface area contributed by atoms with Gasteiger partial charge in [-0.15, -0.1) is 0 Å². The van der Waals surface area contributed by atoms with Crippen molar-refractivity contribution in [1.29, 1.82) is 0 Å². The number of hydrogen-bond donors (Lipinski definition) is 0. The SMILES string of the molecule is CN(C)S(=O)(=O)N1CCC(Oc2cccnc2)C1. The third kappa shape index (κ3) is 2.80. The maximum Gasteiger partial charge on any atom is 0.281 e. The first kappa shape index (κ1) is 13.3. The summed E-state index contributed by atoms with van der Waals surface area (Å²) in [4.78, 5) is 3.96. The van der Waals surface area contributed by atoms with E-state index in [9.17, 15) is 8.42 Å². The van der Waals surface area contributed by atoms with E-state index >= 15 is 0 Å². The molecule has 0 bridgehead atoms. The van der Waals surface area contributed by atoms with Crippen LogP contribution in [0.5, 0.6) is 5.75 Å². The zero-order valence-corrected chi connectivity index (χ0v) is 11.3. The van der Waals surface area contributed by atoms with Gasteiger partial charge in [0.1, 0.15) is 11.9 Å². The zero-order chi connectivity index (χ0) is 13.2. The first-order valence-electron chi connectivity index (χ1n) is 5.74. The van der Waals surface area contributed by atoms with Gasteiger partial charge in [0.05, 0.1) is 12.7 Å². The maximum absolute atomic E-state index is 11.9. The van der Waals surface area contributed by atoms with Crippen LogP contribution < -0.4 is 4.74 Å². The molecule has 0 amide bonds. The molecule has 1 saturated heterocycles. The lowest BCUT2D eigenvalue weighted by Gasteiger charge is -2.20. The van der Waals surface area contributed by atoms with Crippen molar-refractivity contribution in [2.24, 2.45) is 0 Å². The fourth-order valence-corrected chi connectivity index (χ4v) is 3.00. The summed E-state index contributed by atoms with van der Waals surface area (Å²) in [6, 6.07) is 3.61. The van der Waals surface area contributed by atoms with Gasteiger partial charge in [-0.2, -0.15) is 17.0 Å². The number of pyridine rings is 1. The molecule has 0 radical (unpaired) electrons. The summed E-state index contributed by atoms with van der Waals surface area (Å²) in [5.41, 5.74) is 0. The average Bonchev–Trinajstić information content (AvgIpc) is 2.79. The summed E-state index contributed by atoms with van der Waals surface area (Å²) >= 11 is 0. The third-order valence-corrected chi connectivity index (χ3v) is 4.74. The van der Waals surface area contributed by atoms with Crippen LogP contribution in [0.25, 0.3) is 0 Å². The monoisotopic (exact) mass is 271 g/mol. The van der Waals surface area contributed by atoms with Crippen molar-refractivity contribution in [1.82, 2.24) is 13.6 Å². The molecule has 0 N–H and O–H groups in total. The molecule has 1 fully saturated rings. The molecule has 1 aromatic heterocycles. The Morgan fingerprint density at radius 2 is 2.28 bits per heavy atom. The Kier molecular flexibility index (Phi) is 3.84. The summed E-state index contributed by atoms with van der Waals surface area (Å²) in [5.74, 6) is 0.673. The molecule has 1 atom stereocenters. The van der Waals surface area contributed by atoms with Gasteiger partial charge >= 0.3 is 0 Å². The van der Waals surface area contributed by atoms with Gasteiger partial charge in [-0.25, -0.2) is 0 Å². The number of ether oxygens (including phenoxy) is 1. The summed E-state index contributed by atoms with van der Waals surface area (Å²) in [7, 11) is -0.266. The molecule has 1 aliphatic heterocycles. The summed E-state index contributed by atoms with van der Waals surface area (Å²) in [6.45, 7) is 0.876. The van der Waals surface area contributed by atoms with Gasteiger partial charge < -0.3 is 4.74 Å². The Labute approximate surface area is 107 Å². The second-order valence-electron chi connectivity index (χ2n) is 4.37. The van der Waals surface area contributed by atoms with Gasteiger partial charge in [0, 0.05) is 26.8 Å². The van der Waals surface area contributed by atoms with Gasteiger partial charge in [-0.05, 0) is 18.6 Å². The van der Waals surface area contributed by atoms with E-state index in [4.69, 9.17) is 4.74 Å². The van der Waals surface area contributed by atoms with Crippen LogP contribution in [0.3, 0.4) is 0 Å². The highest BCUT2D eigenvalue weighted by Crippen LogP contribution is 2.20. The molecule has 2 rings (SSSR count). The molecular weight excluding hydrogens is 254 g/mol. The number of hydrogen-bond acceptors (Lipinski definition) is 4. The molecule has 1 aliphatic rings. The molecule has 0 aromatic carbocycles. The second-order valence-corrected chi connectivity index (χ2v) is 6.51. The minimum atomic E-state index is -3.33. The number of rotatable bonds is 4. The lowest BCUT2D eigenvalue weighted by atomic mass is 10.3. The Morgan fingerprint density at radius 3 is 2.89 bits per heavy atom. The van der Waals surface area contributed by atoms with E-state index in [0.29, 0.717) is 25.3 Å². The molecule has 1 aromatic rings. The number of aromatic nitrogens is 1. The molecule has 100 valence electrons. The van der Waals surface area contributed by atoms with Crippen LogP contribution in [-0.4, -0.2) is 55.3 Å². The lowest BCUT2D eigenvalue weighted by Crippen LogP contribution is -2.39. The molecule has 2 heterocycles. The minimum absolute atomic E-state index is 0.107. The summed E-state index contributed by atoms with van der Waals surface area (Å²) in [5, 5.41) is 0. The molecule has 0 aliphatic carbocycles. The van der Waals surface area contributed by atoms with Crippen molar-refractivity contribution in [3.8, 4) is 5.75 Å². The quantitative estimate of drug-likeness (QED) is 0.792. The highest BCUT2D eigenvalue weighted by Gasteiger charge is 2.33. The van der Waals surface area contributed by atoms with Crippen LogP contribution >= 0.6 is 0 Å². The lowest BCUT2D eigenvalue weighted by molar-refractivity contribution is 0.214. The first-order valence-corrected chi connectivity index (χ1v) is 7.14. The fraction of sp³-hybridized carbons (Fsp3) is 0.545. The van der Waals surface area contributed by atoms with Crippen LogP contribution in [0, 0.1) is 0 Å². The molecule has 18 heavy (non-hydrogen) atoms. The van der Waals surface area contributed by atoms with Crippen molar-refractivity contribution >= 4 is 10.2 Å². The molecule has 0 saturated carbocycles. The standard InChI is InChI=1S/C11H17N3O3S/c1-13(2)18(15,16)14-7-5-11(9-14)17-10-4-3-6-12-8-10/h3-4,6,8,11H,5,7,9H2,1-2H3. The molecular formula is C11H17N3O3S. The molecule has 6 nitrogen and oxygen atoms in total. The Hall–Kier alpha value is -1.18. The van der Waals surface area contributed by atoms with E-state index in [-0.39, 0.29) is 6.10 Å². The normalized spacial score (nSPS) is 21.4. The minimum Gasteiger partial charge on any atom is -0.487 e. The summed E-state index contributed by atoms with van der Waals surface area (Å²) < 4.78 is 32.2. The van der Waals surface area contributed by atoms with Gasteiger partial charge in [-0.3, -0.25) is 4.98 Å². The van der Waals surface area contributed by atoms with E-state index < -0.39 is 10.2 Å². The summed E-state index contributed by atoms with van der Waals surface area (Å²) in [6.07, 6.45) is 3.89. The van der Waals surface area contributed by atoms with Crippen molar-refractivity contribution in [3.05, 3.63) is 24.5 Å². The van der Waals surface area contributed by atoms with Crippen molar-refractivity contribution in [3.63, 3.8) is 0 Å². The predicted octanol–water partition coefficient (Wildman–Crippen LogP) is 0.341. The van der Waals surface area contributed by atoms with Crippen LogP contribution in [0.4, 0.5) is 0 Å². The van der Waals surface area contributed by atoms with Crippen LogP contribution in [0.1, 0.15) is 6.42 Å². The second kappa shape index (κ2) is 5.21. The topological polar surface area (TPSA) is 62.7 Å². The molecule has 1 unspecified atom stereocenters. The highest BCUT2D eigenvalue weighted by molar-refractivity contribution is 7.86. The van der Waals surface area contributed by atoms with Crippen LogP contribution in [-0.2, 0) is 10.2 Å². The average molecular weight is 271 g/mol. The van der Waals surface area contributed by atoms with Gasteiger partial charge in [0.15, 0.2) is 0 Å². The smallest absolute Gasteiger partial charge is 0.281 e. The van der Waals surface area contributed by atoms with Gasteiger partial charge in [0.25, 0.3) is 10.2 Å². The molecule has 7 heteroatoms. The van der Waals surface area contributed by atoms with Crippen LogP contribution in [0.15, 0.2) is 24.5 Å². The largest absolute Gasteiger partial charge is 0.487 e. The Morgan fingerprint density at radius 1 is 1.50 bits per heavy atom. The predicted molar refractivity (Wildman–Crippen MR) is 67.4 cm³/mol. The third-order valence-electron chi connectivity index (χ3n) is 2.83. The van der Waals surface area contributed by atoms with E-state index in [2.05, 4.69) is 4.98 Å². The molecule has 0 spiro atoms. The Bertz CT molecular complexity index is 490. The van der Waals surface area contributed by atoms with E-state index in [1.54, 1.807) is 18.5 Å². The van der Waals surface area contributed by atoms with E-state index in [1.165, 1.54) is 22.7 Å². The highest BCUT2D eigenvalue weighted by atomic mass is 32.2. The van der Waals surface area contributed by atoms with Gasteiger partial charge in [0.2, 0.25) is 0 Å². The number of nitrogens with zero attached hydrogens (tertiary/aromatic N) is 3. The van der Waals surface area contributed by atoms with Crippen molar-refractivity contribution in [2.45, 2.75) is 12.5 Å². The fourth-order valence-electron chi connectivity index (χ4n) is 1.84. The maximum atomic E-state index is 11.9. The van der Waals surface area contributed by atoms with Crippen molar-refractivity contribution in [2.75, 3.05) is 27.2 Å². The zero-order valence-electron chi connectivity index (χ0n) is 10.5. The van der Waals surface area contributed by atoms with Crippen molar-refractivity contribution < 1.29 is 13.2 Å². The van der Waals surface area contributed by atoms with Gasteiger partial charge in [-0.1, -0.05) is 0 Å². The van der Waals surface area contributed by atoms with E-state index in [0.717, 1.165) is 0 Å². The first-order chi connectivity index (χ1) is 8.50. The van der Waals surface area contributed by atoms with Crippen LogP contribution in [0.2, 0.25) is 0 Å².